The van der Waals surface area contributed by atoms with Crippen molar-refractivity contribution < 1.29 is 9.59 Å². The lowest BCUT2D eigenvalue weighted by Gasteiger charge is -2.25. The number of amides is 1. The summed E-state index contributed by atoms with van der Waals surface area (Å²) in [5.74, 6) is 1.04. The van der Waals surface area contributed by atoms with Gasteiger partial charge in [-0.2, -0.15) is 0 Å². The van der Waals surface area contributed by atoms with E-state index in [4.69, 9.17) is 0 Å². The van der Waals surface area contributed by atoms with Crippen molar-refractivity contribution in [3.8, 4) is 11.4 Å². The maximum Gasteiger partial charge on any atom is 0.237 e. The first-order chi connectivity index (χ1) is 19.2. The quantitative estimate of drug-likeness (QED) is 0.316. The van der Waals surface area contributed by atoms with Gasteiger partial charge in [-0.05, 0) is 42.9 Å². The van der Waals surface area contributed by atoms with E-state index in [0.717, 1.165) is 34.9 Å². The number of anilines is 1. The first-order valence-electron chi connectivity index (χ1n) is 13.4. The van der Waals surface area contributed by atoms with Gasteiger partial charge in [0, 0.05) is 36.6 Å². The molecule has 1 N–H and O–H groups in total. The van der Waals surface area contributed by atoms with Gasteiger partial charge in [0.25, 0.3) is 0 Å². The minimum atomic E-state index is -0.231. The van der Waals surface area contributed by atoms with Gasteiger partial charge in [0.1, 0.15) is 0 Å². The number of pyridine rings is 1. The molecule has 1 amide bonds. The second-order valence-corrected chi connectivity index (χ2v) is 11.0. The first kappa shape index (κ1) is 25.4. The van der Waals surface area contributed by atoms with Crippen LogP contribution in [0.3, 0.4) is 0 Å². The van der Waals surface area contributed by atoms with Crippen molar-refractivity contribution >= 4 is 29.4 Å². The number of carbonyl (C=O) groups is 2. The minimum absolute atomic E-state index is 0.0329. The van der Waals surface area contributed by atoms with Gasteiger partial charge in [0.15, 0.2) is 16.8 Å². The molecule has 10 heteroatoms. The Morgan fingerprint density at radius 1 is 1.00 bits per heavy atom. The lowest BCUT2D eigenvalue weighted by atomic mass is 9.82. The summed E-state index contributed by atoms with van der Waals surface area (Å²) >= 11 is 1.36. The summed E-state index contributed by atoms with van der Waals surface area (Å²) in [5, 5.41) is 12.5. The van der Waals surface area contributed by atoms with Crippen LogP contribution in [0.2, 0.25) is 0 Å². The zero-order valence-corrected chi connectivity index (χ0v) is 22.3. The van der Waals surface area contributed by atoms with E-state index in [-0.39, 0.29) is 29.3 Å². The molecular formula is C29H29N7O2S. The third kappa shape index (κ3) is 5.61. The molecule has 0 bridgehead atoms. The highest BCUT2D eigenvalue weighted by atomic mass is 32.2. The van der Waals surface area contributed by atoms with Gasteiger partial charge in [-0.3, -0.25) is 24.5 Å². The van der Waals surface area contributed by atoms with E-state index in [0.29, 0.717) is 30.1 Å². The zero-order valence-electron chi connectivity index (χ0n) is 21.5. The van der Waals surface area contributed by atoms with Crippen LogP contribution in [0, 0.1) is 0 Å². The fourth-order valence-corrected chi connectivity index (χ4v) is 6.30. The molecule has 0 saturated heterocycles. The number of nitrogens with zero attached hydrogens (tertiary/aromatic N) is 6. The number of ketones is 1. The minimum Gasteiger partial charge on any atom is -0.299 e. The molecule has 1 aromatic carbocycles. The van der Waals surface area contributed by atoms with Gasteiger partial charge < -0.3 is 0 Å². The van der Waals surface area contributed by atoms with Gasteiger partial charge in [0.05, 0.1) is 17.0 Å². The topological polar surface area (TPSA) is 116 Å². The monoisotopic (exact) mass is 539 g/mol. The maximum absolute atomic E-state index is 12.9. The third-order valence-electron chi connectivity index (χ3n) is 7.44. The Balaban J connectivity index is 1.16. The van der Waals surface area contributed by atoms with E-state index in [9.17, 15) is 9.59 Å². The van der Waals surface area contributed by atoms with Gasteiger partial charge in [0.2, 0.25) is 11.9 Å². The number of rotatable bonds is 7. The largest absolute Gasteiger partial charge is 0.299 e. The van der Waals surface area contributed by atoms with Crippen molar-refractivity contribution in [2.24, 2.45) is 0 Å². The average Bonchev–Trinajstić information content (AvgIpc) is 3.41. The molecule has 0 radical (unpaired) electrons. The molecule has 198 valence electrons. The number of hydrogen-bond acceptors (Lipinski definition) is 8. The molecule has 1 atom stereocenters. The molecule has 1 saturated carbocycles. The highest BCUT2D eigenvalue weighted by Crippen LogP contribution is 2.36. The molecule has 2 aliphatic rings. The van der Waals surface area contributed by atoms with E-state index in [1.165, 1.54) is 37.2 Å². The van der Waals surface area contributed by atoms with E-state index in [1.54, 1.807) is 12.4 Å². The summed E-state index contributed by atoms with van der Waals surface area (Å²) in [5.41, 5.74) is 3.30. The molecule has 0 unspecified atom stereocenters. The normalized spacial score (nSPS) is 17.5. The third-order valence-corrected chi connectivity index (χ3v) is 8.38. The van der Waals surface area contributed by atoms with Crippen molar-refractivity contribution in [2.45, 2.75) is 62.1 Å². The molecule has 2 aliphatic carbocycles. The number of thioether (sulfide) groups is 1. The Labute approximate surface area is 230 Å². The van der Waals surface area contributed by atoms with Crippen molar-refractivity contribution in [1.82, 2.24) is 29.7 Å². The molecule has 6 rings (SSSR count). The number of carbonyl (C=O) groups excluding carboxylic acids is 2. The second-order valence-electron chi connectivity index (χ2n) is 10.0. The van der Waals surface area contributed by atoms with Crippen LogP contribution in [-0.2, 0) is 11.2 Å². The van der Waals surface area contributed by atoms with Crippen molar-refractivity contribution in [3.63, 3.8) is 0 Å². The van der Waals surface area contributed by atoms with Crippen LogP contribution < -0.4 is 5.32 Å². The molecular weight excluding hydrogens is 510 g/mol. The number of nitrogens with one attached hydrogen (secondary N) is 1. The number of hydrogen-bond donors (Lipinski definition) is 1. The van der Waals surface area contributed by atoms with Crippen molar-refractivity contribution in [2.75, 3.05) is 11.1 Å². The smallest absolute Gasteiger partial charge is 0.237 e. The molecule has 3 aromatic heterocycles. The van der Waals surface area contributed by atoms with E-state index in [2.05, 4.69) is 35.0 Å². The summed E-state index contributed by atoms with van der Waals surface area (Å²) in [4.78, 5) is 38.6. The van der Waals surface area contributed by atoms with Crippen LogP contribution in [0.1, 0.15) is 72.1 Å². The number of fused-ring (bicyclic) bond motifs is 1. The SMILES string of the molecule is O=C(CSc1nnc(-c2ccncc2)n1C1CCCCC1)Nc1ncc2c(n1)C[C@@H](c1ccccc1)CC2=O. The van der Waals surface area contributed by atoms with Crippen LogP contribution in [0.4, 0.5) is 5.95 Å². The first-order valence-corrected chi connectivity index (χ1v) is 14.4. The van der Waals surface area contributed by atoms with Crippen LogP contribution in [-0.4, -0.2) is 47.2 Å². The lowest BCUT2D eigenvalue weighted by molar-refractivity contribution is -0.113. The van der Waals surface area contributed by atoms with Crippen molar-refractivity contribution in [3.05, 3.63) is 77.9 Å². The molecule has 39 heavy (non-hydrogen) atoms. The van der Waals surface area contributed by atoms with Gasteiger partial charge >= 0.3 is 0 Å². The molecule has 9 nitrogen and oxygen atoms in total. The summed E-state index contributed by atoms with van der Waals surface area (Å²) in [7, 11) is 0. The fourth-order valence-electron chi connectivity index (χ4n) is 5.50. The number of benzene rings is 1. The molecule has 1 fully saturated rings. The standard InChI is InChI=1S/C29H29N7O2S/c37-25-16-21(19-7-3-1-4-8-19)15-24-23(25)17-31-28(32-24)33-26(38)18-39-29-35-34-27(20-11-13-30-14-12-20)36(29)22-9-5-2-6-10-22/h1,3-4,7-8,11-14,17,21-22H,2,5-6,9-10,15-16,18H2,(H,31,32,33,38)/t21-/m1/s1. The average molecular weight is 540 g/mol. The highest BCUT2D eigenvalue weighted by molar-refractivity contribution is 7.99. The van der Waals surface area contributed by atoms with Gasteiger partial charge in [-0.1, -0.05) is 61.4 Å². The Morgan fingerprint density at radius 3 is 2.59 bits per heavy atom. The summed E-state index contributed by atoms with van der Waals surface area (Å²) in [6.07, 6.45) is 11.8. The van der Waals surface area contributed by atoms with E-state index >= 15 is 0 Å². The predicted molar refractivity (Wildman–Crippen MR) is 149 cm³/mol. The fraction of sp³-hybridized carbons (Fsp3) is 0.345. The summed E-state index contributed by atoms with van der Waals surface area (Å²) in [6, 6.07) is 14.2. The zero-order chi connectivity index (χ0) is 26.6. The highest BCUT2D eigenvalue weighted by Gasteiger charge is 2.28. The lowest BCUT2D eigenvalue weighted by Crippen LogP contribution is -2.23. The van der Waals surface area contributed by atoms with E-state index < -0.39 is 0 Å². The molecule has 4 aromatic rings. The Hall–Kier alpha value is -3.92. The molecule has 0 aliphatic heterocycles. The Bertz CT molecular complexity index is 1470. The number of aromatic nitrogens is 6. The van der Waals surface area contributed by atoms with Crippen LogP contribution in [0.5, 0.6) is 0 Å². The number of Topliss-reactive ketones (excluding diaryl/α,β-unsaturated/α-hetero) is 1. The van der Waals surface area contributed by atoms with Crippen LogP contribution >= 0.6 is 11.8 Å². The second kappa shape index (κ2) is 11.4. The van der Waals surface area contributed by atoms with E-state index in [1.807, 2.05) is 42.5 Å². The van der Waals surface area contributed by atoms with Crippen LogP contribution in [0.25, 0.3) is 11.4 Å². The van der Waals surface area contributed by atoms with Crippen LogP contribution in [0.15, 0.2) is 66.2 Å². The van der Waals surface area contributed by atoms with Crippen molar-refractivity contribution in [1.29, 1.82) is 0 Å². The van der Waals surface area contributed by atoms with Gasteiger partial charge in [-0.15, -0.1) is 10.2 Å². The maximum atomic E-state index is 12.9. The van der Waals surface area contributed by atoms with Gasteiger partial charge in [-0.25, -0.2) is 9.97 Å². The molecule has 3 heterocycles. The summed E-state index contributed by atoms with van der Waals surface area (Å²) in [6.45, 7) is 0. The Kier molecular flexibility index (Phi) is 7.44. The Morgan fingerprint density at radius 2 is 1.79 bits per heavy atom. The molecule has 0 spiro atoms. The summed E-state index contributed by atoms with van der Waals surface area (Å²) < 4.78 is 2.19. The predicted octanol–water partition coefficient (Wildman–Crippen LogP) is 5.28.